The van der Waals surface area contributed by atoms with E-state index in [1.165, 1.54) is 0 Å². The first kappa shape index (κ1) is 40.7. The lowest BCUT2D eigenvalue weighted by Crippen LogP contribution is -1.98. The fourth-order valence-corrected chi connectivity index (χ4v) is 10.3. The van der Waals surface area contributed by atoms with Gasteiger partial charge in [-0.05, 0) is 148 Å². The van der Waals surface area contributed by atoms with Gasteiger partial charge in [0.25, 0.3) is 0 Å². The van der Waals surface area contributed by atoms with Crippen molar-refractivity contribution in [2.75, 3.05) is 28.4 Å². The maximum atomic E-state index is 7.02. The van der Waals surface area contributed by atoms with Crippen molar-refractivity contribution in [3.8, 4) is 45.6 Å². The lowest BCUT2D eigenvalue weighted by atomic mass is 9.91. The molecule has 0 aliphatic rings. The maximum absolute atomic E-state index is 7.02. The summed E-state index contributed by atoms with van der Waals surface area (Å²) in [5.74, 6) is 4.03. The summed E-state index contributed by atoms with van der Waals surface area (Å²) in [4.78, 5) is 0. The third kappa shape index (κ3) is 7.29. The van der Waals surface area contributed by atoms with E-state index in [1.807, 2.05) is 102 Å². The van der Waals surface area contributed by atoms with Crippen LogP contribution in [0.25, 0.3) is 55.0 Å². The minimum Gasteiger partial charge on any atom is -0.497 e. The quantitative estimate of drug-likeness (QED) is 0.139. The smallest absolute Gasteiger partial charge is 0.453 e. The van der Waals surface area contributed by atoms with E-state index < -0.39 is 16.5 Å². The van der Waals surface area contributed by atoms with Crippen molar-refractivity contribution in [2.45, 2.75) is 55.4 Å². The minimum atomic E-state index is -2.05. The number of rotatable bonds is 9. The zero-order chi connectivity index (χ0) is 42.6. The van der Waals surface area contributed by atoms with Crippen molar-refractivity contribution in [2.24, 2.45) is 0 Å². The van der Waals surface area contributed by atoms with Crippen molar-refractivity contribution >= 4 is 60.4 Å². The summed E-state index contributed by atoms with van der Waals surface area (Å²) in [6.07, 6.45) is 0. The Hall–Kier alpha value is -6.08. The number of aryl methyl sites for hydroxylation is 8. The topological polar surface area (TPSA) is 108 Å². The highest BCUT2D eigenvalue weighted by atomic mass is 31.1. The van der Waals surface area contributed by atoms with Crippen LogP contribution in [-0.2, 0) is 0 Å². The molecule has 0 saturated heterocycles. The van der Waals surface area contributed by atoms with Crippen LogP contribution in [0.1, 0.15) is 44.5 Å². The molecule has 0 amide bonds. The van der Waals surface area contributed by atoms with E-state index in [9.17, 15) is 0 Å². The zero-order valence-electron chi connectivity index (χ0n) is 35.9. The Morgan fingerprint density at radius 2 is 0.583 bits per heavy atom. The van der Waals surface area contributed by atoms with E-state index in [0.29, 0.717) is 56.8 Å². The molecule has 0 aliphatic heterocycles. The molecule has 8 rings (SSSR count). The van der Waals surface area contributed by atoms with E-state index in [4.69, 9.17) is 44.8 Å². The molecular weight excluding hydrogens is 798 g/mol. The number of hydrogen-bond acceptors (Lipinski definition) is 10. The Bertz CT molecular complexity index is 2740. The summed E-state index contributed by atoms with van der Waals surface area (Å²) in [5, 5.41) is 3.28. The first-order chi connectivity index (χ1) is 28.8. The Kier molecular flexibility index (Phi) is 11.0. The van der Waals surface area contributed by atoms with E-state index in [0.717, 1.165) is 77.2 Å². The van der Waals surface area contributed by atoms with Crippen LogP contribution in [0.2, 0.25) is 0 Å². The number of methoxy groups -OCH3 is 4. The van der Waals surface area contributed by atoms with Crippen LogP contribution in [0.15, 0.2) is 89.6 Å². The molecule has 0 spiro atoms. The molecule has 0 aliphatic carbocycles. The SMILES string of the molecule is COc1cc(C)c2op(Oc3c(C)ccc(C)c3-c3c(C)ccc(C)c3Op3oc4c(C)cc(OC)cc4c4cc(OC)cc(C)c4o3)oc3c(C)cc(OC)cc3c2c1. The van der Waals surface area contributed by atoms with Gasteiger partial charge in [0.1, 0.15) is 56.8 Å². The average Bonchev–Trinajstić information content (AvgIpc) is 3.49. The number of hydrogen-bond donors (Lipinski definition) is 0. The second-order valence-corrected chi connectivity index (χ2v) is 17.1. The molecule has 310 valence electrons. The minimum absolute atomic E-state index is 0.610. The summed E-state index contributed by atoms with van der Waals surface area (Å²) >= 11 is 0. The second-order valence-electron chi connectivity index (χ2n) is 15.1. The van der Waals surface area contributed by atoms with Crippen LogP contribution in [0.4, 0.5) is 0 Å². The van der Waals surface area contributed by atoms with Gasteiger partial charge in [0.05, 0.1) is 28.4 Å². The first-order valence-electron chi connectivity index (χ1n) is 19.5. The van der Waals surface area contributed by atoms with Crippen molar-refractivity contribution in [1.29, 1.82) is 0 Å². The molecule has 2 heterocycles. The van der Waals surface area contributed by atoms with Crippen molar-refractivity contribution < 1.29 is 44.8 Å². The zero-order valence-corrected chi connectivity index (χ0v) is 37.7. The molecule has 2 aromatic heterocycles. The summed E-state index contributed by atoms with van der Waals surface area (Å²) in [6, 6.07) is 23.9. The highest BCUT2D eigenvalue weighted by Crippen LogP contribution is 2.51. The fourth-order valence-electron chi connectivity index (χ4n) is 7.71. The summed E-state index contributed by atoms with van der Waals surface area (Å²) in [7, 11) is 2.51. The van der Waals surface area contributed by atoms with Gasteiger partial charge in [-0.3, -0.25) is 0 Å². The van der Waals surface area contributed by atoms with Crippen molar-refractivity contribution in [1.82, 2.24) is 0 Å². The van der Waals surface area contributed by atoms with Crippen LogP contribution in [0.3, 0.4) is 0 Å². The summed E-state index contributed by atoms with van der Waals surface area (Å²) in [6.45, 7) is 16.1. The predicted molar refractivity (Wildman–Crippen MR) is 241 cm³/mol. The monoisotopic (exact) mass is 846 g/mol. The predicted octanol–water partition coefficient (Wildman–Crippen LogP) is 14.7. The molecular formula is C48H48O10P2. The van der Waals surface area contributed by atoms with Gasteiger partial charge in [-0.25, -0.2) is 0 Å². The first-order valence-corrected chi connectivity index (χ1v) is 21.7. The number of benzene rings is 6. The van der Waals surface area contributed by atoms with Gasteiger partial charge in [0, 0.05) is 32.7 Å². The summed E-state index contributed by atoms with van der Waals surface area (Å²) < 4.78 is 63.9. The molecule has 60 heavy (non-hydrogen) atoms. The van der Waals surface area contributed by atoms with E-state index in [-0.39, 0.29) is 0 Å². The van der Waals surface area contributed by atoms with Gasteiger partial charge in [-0.15, -0.1) is 0 Å². The van der Waals surface area contributed by atoms with Crippen LogP contribution >= 0.6 is 16.5 Å². The van der Waals surface area contributed by atoms with E-state index in [2.05, 4.69) is 26.0 Å². The van der Waals surface area contributed by atoms with Gasteiger partial charge in [0.15, 0.2) is 0 Å². The molecule has 10 nitrogen and oxygen atoms in total. The van der Waals surface area contributed by atoms with Crippen molar-refractivity contribution in [3.05, 3.63) is 117 Å². The molecule has 0 N–H and O–H groups in total. The largest absolute Gasteiger partial charge is 0.497 e. The highest BCUT2D eigenvalue weighted by Gasteiger charge is 2.25. The number of fused-ring (bicyclic) bond motifs is 6. The molecule has 0 radical (unpaired) electrons. The van der Waals surface area contributed by atoms with Crippen LogP contribution in [0, 0.1) is 55.4 Å². The van der Waals surface area contributed by atoms with Crippen molar-refractivity contribution in [3.63, 3.8) is 0 Å². The normalized spacial score (nSPS) is 11.3. The lowest BCUT2D eigenvalue weighted by molar-refractivity contribution is 0.414. The maximum Gasteiger partial charge on any atom is 0.453 e. The Morgan fingerprint density at radius 1 is 0.333 bits per heavy atom. The molecule has 0 bridgehead atoms. The fraction of sp³-hybridized carbons (Fsp3) is 0.250. The molecule has 6 aromatic carbocycles. The Labute approximate surface area is 350 Å². The third-order valence-corrected chi connectivity index (χ3v) is 12.9. The molecule has 0 atom stereocenters. The van der Waals surface area contributed by atoms with Gasteiger partial charge >= 0.3 is 16.5 Å². The summed E-state index contributed by atoms with van der Waals surface area (Å²) in [5.41, 5.74) is 11.5. The molecule has 8 aromatic rings. The second kappa shape index (κ2) is 16.2. The lowest BCUT2D eigenvalue weighted by Gasteiger charge is -2.20. The van der Waals surface area contributed by atoms with Crippen LogP contribution < -0.4 is 28.0 Å². The van der Waals surface area contributed by atoms with Gasteiger partial charge in [0.2, 0.25) is 0 Å². The van der Waals surface area contributed by atoms with E-state index >= 15 is 0 Å². The number of ether oxygens (including phenoxy) is 4. The van der Waals surface area contributed by atoms with Gasteiger partial charge in [-0.2, -0.15) is 0 Å². The van der Waals surface area contributed by atoms with Gasteiger partial charge in [-0.1, -0.05) is 24.3 Å². The van der Waals surface area contributed by atoms with E-state index in [1.54, 1.807) is 28.4 Å². The Morgan fingerprint density at radius 3 is 0.833 bits per heavy atom. The molecule has 0 saturated carbocycles. The Balaban J connectivity index is 1.36. The average molecular weight is 847 g/mol. The molecule has 12 heteroatoms. The standard InChI is InChI=1S/C48H48O10P2/c1-25-13-15-27(3)47(57-59-53-43-29(5)17-33(49-9)21-37(43)38-22-34(50-10)18-30(6)44(38)54-59)41(25)42-26(2)14-16-28(4)48(42)58-60-55-45-31(7)19-35(51-11)23-39(45)40-24-36(52-12)20-32(8)46(40)56-60/h13-24H,1-12H3. The molecule has 0 fully saturated rings. The highest BCUT2D eigenvalue weighted by molar-refractivity contribution is 7.32. The molecule has 0 unspecified atom stereocenters. The van der Waals surface area contributed by atoms with Crippen LogP contribution in [-0.4, -0.2) is 28.4 Å². The van der Waals surface area contributed by atoms with Gasteiger partial charge < -0.3 is 44.8 Å². The van der Waals surface area contributed by atoms with Crippen LogP contribution in [0.5, 0.6) is 34.5 Å². The third-order valence-electron chi connectivity index (χ3n) is 10.9.